The fourth-order valence-corrected chi connectivity index (χ4v) is 3.00. The van der Waals surface area contributed by atoms with Crippen LogP contribution in [0, 0.1) is 6.92 Å². The van der Waals surface area contributed by atoms with Crippen LogP contribution >= 0.6 is 11.8 Å². The van der Waals surface area contributed by atoms with Crippen molar-refractivity contribution in [1.29, 1.82) is 0 Å². The van der Waals surface area contributed by atoms with Crippen molar-refractivity contribution >= 4 is 17.5 Å². The van der Waals surface area contributed by atoms with Gasteiger partial charge in [0.2, 0.25) is 0 Å². The van der Waals surface area contributed by atoms with Crippen LogP contribution in [-0.2, 0) is 4.74 Å². The van der Waals surface area contributed by atoms with Gasteiger partial charge in [-0.2, -0.15) is 11.8 Å². The van der Waals surface area contributed by atoms with Gasteiger partial charge in [-0.25, -0.2) is 0 Å². The van der Waals surface area contributed by atoms with Crippen molar-refractivity contribution in [3.63, 3.8) is 0 Å². The van der Waals surface area contributed by atoms with E-state index in [9.17, 15) is 4.79 Å². The topological polar surface area (TPSA) is 59.5 Å². The Morgan fingerprint density at radius 1 is 1.27 bits per heavy atom. The molecule has 118 valence electrons. The predicted octanol–water partition coefficient (Wildman–Crippen LogP) is -0.267. The van der Waals surface area contributed by atoms with E-state index in [1.807, 2.05) is 38.1 Å². The third kappa shape index (κ3) is 5.12. The molecule has 1 N–H and O–H groups in total. The van der Waals surface area contributed by atoms with Gasteiger partial charge in [-0.1, -0.05) is 12.1 Å². The molecule has 1 heterocycles. The van der Waals surface area contributed by atoms with Crippen molar-refractivity contribution < 1.29 is 33.9 Å². The Labute approximate surface area is 149 Å². The van der Waals surface area contributed by atoms with E-state index in [4.69, 9.17) is 4.74 Å². The zero-order valence-corrected chi connectivity index (χ0v) is 14.5. The average Bonchev–Trinajstić information content (AvgIpc) is 2.48. The number of benzene rings is 1. The summed E-state index contributed by atoms with van der Waals surface area (Å²) >= 11 is 1.68. The van der Waals surface area contributed by atoms with Crippen molar-refractivity contribution in [2.45, 2.75) is 24.3 Å². The van der Waals surface area contributed by atoms with Crippen LogP contribution < -0.4 is 18.9 Å². The second-order valence-electron chi connectivity index (χ2n) is 5.36. The summed E-state index contributed by atoms with van der Waals surface area (Å²) in [5.41, 5.74) is 0.292. The van der Waals surface area contributed by atoms with Crippen LogP contribution in [0.5, 0.6) is 0 Å². The minimum absolute atomic E-state index is 0. The summed E-state index contributed by atoms with van der Waals surface area (Å²) < 4.78 is 5.36. The first-order valence-corrected chi connectivity index (χ1v) is 7.94. The number of carbonyl (C=O) groups is 1. The molecule has 0 aromatic heterocycles. The number of morpholine rings is 1. The first kappa shape index (κ1) is 21.7. The fourth-order valence-electron chi connectivity index (χ4n) is 2.44. The summed E-state index contributed by atoms with van der Waals surface area (Å²) in [7, 11) is 0. The first-order chi connectivity index (χ1) is 9.55. The van der Waals surface area contributed by atoms with Crippen LogP contribution in [0.25, 0.3) is 0 Å². The third-order valence-corrected chi connectivity index (χ3v) is 4.55. The molecule has 1 aromatic rings. The van der Waals surface area contributed by atoms with E-state index in [1.54, 1.807) is 11.8 Å². The molecular formula is C16H23LiNO3S-. The van der Waals surface area contributed by atoms with Gasteiger partial charge < -0.3 is 17.1 Å². The number of hydrogen-bond donors (Lipinski definition) is 0. The summed E-state index contributed by atoms with van der Waals surface area (Å²) in [4.78, 5) is 16.1. The van der Waals surface area contributed by atoms with Gasteiger partial charge in [-0.05, 0) is 26.0 Å². The molecule has 1 aromatic carbocycles. The maximum absolute atomic E-state index is 12.7. The maximum atomic E-state index is 12.7. The molecule has 22 heavy (non-hydrogen) atoms. The molecule has 0 bridgehead atoms. The Morgan fingerprint density at radius 3 is 2.32 bits per heavy atom. The molecule has 0 radical (unpaired) electrons. The van der Waals surface area contributed by atoms with Crippen LogP contribution in [0.3, 0.4) is 0 Å². The molecule has 0 saturated carbocycles. The van der Waals surface area contributed by atoms with Gasteiger partial charge in [0.25, 0.3) is 0 Å². The number of hydrogen-bond acceptors (Lipinski definition) is 5. The molecule has 1 aliphatic rings. The standard InChI is InChI=1S/C16H22NO2S.Li.H2O/c1-4-20-14-7-5-13(6-8-14)15(18)16(2,3)17-9-11-19-12-10-17;;/h5-8H,1,4,9-12H2,2-3H3;;1H2/q-1;+1;/p-1. The van der Waals surface area contributed by atoms with Gasteiger partial charge >= 0.3 is 18.9 Å². The molecule has 2 rings (SSSR count). The monoisotopic (exact) mass is 316 g/mol. The SMILES string of the molecule is [CH2-]CSc1ccc(C(=O)C(C)(C)N2CCOCC2)cc1.[Li+].[OH-]. The quantitative estimate of drug-likeness (QED) is 0.324. The van der Waals surface area contributed by atoms with E-state index in [-0.39, 0.29) is 30.1 Å². The van der Waals surface area contributed by atoms with Gasteiger partial charge in [0.15, 0.2) is 5.78 Å². The van der Waals surface area contributed by atoms with Crippen LogP contribution in [0.4, 0.5) is 0 Å². The molecule has 0 unspecified atom stereocenters. The van der Waals surface area contributed by atoms with Gasteiger partial charge in [-0.15, -0.1) is 5.75 Å². The summed E-state index contributed by atoms with van der Waals surface area (Å²) in [6, 6.07) is 7.84. The van der Waals surface area contributed by atoms with E-state index < -0.39 is 5.54 Å². The number of nitrogens with zero attached hydrogens (tertiary/aromatic N) is 1. The van der Waals surface area contributed by atoms with Crippen LogP contribution in [0.1, 0.15) is 24.2 Å². The predicted molar refractivity (Wildman–Crippen MR) is 85.3 cm³/mol. The van der Waals surface area contributed by atoms with E-state index >= 15 is 0 Å². The summed E-state index contributed by atoms with van der Waals surface area (Å²) in [5, 5.41) is 0. The molecule has 0 atom stereocenters. The van der Waals surface area contributed by atoms with E-state index in [2.05, 4.69) is 11.8 Å². The average molecular weight is 316 g/mol. The Bertz CT molecular complexity index is 459. The zero-order chi connectivity index (χ0) is 14.6. The van der Waals surface area contributed by atoms with E-state index in [1.165, 1.54) is 0 Å². The minimum atomic E-state index is -0.481. The third-order valence-electron chi connectivity index (χ3n) is 3.74. The number of ether oxygens (including phenoxy) is 1. The molecule has 0 amide bonds. The second-order valence-corrected chi connectivity index (χ2v) is 6.53. The molecule has 0 aliphatic carbocycles. The minimum Gasteiger partial charge on any atom is -0.870 e. The Balaban J connectivity index is 0.00000220. The first-order valence-electron chi connectivity index (χ1n) is 6.95. The number of thioether (sulfide) groups is 1. The van der Waals surface area contributed by atoms with Crippen LogP contribution in [0.15, 0.2) is 29.2 Å². The van der Waals surface area contributed by atoms with Crippen LogP contribution in [-0.4, -0.2) is 53.8 Å². The number of Topliss-reactive ketones (excluding diaryl/α,β-unsaturated/α-hetero) is 1. The zero-order valence-electron chi connectivity index (χ0n) is 13.7. The summed E-state index contributed by atoms with van der Waals surface area (Å²) in [6.07, 6.45) is 0. The normalized spacial score (nSPS) is 15.6. The molecule has 0 spiro atoms. The second kappa shape index (κ2) is 9.77. The Morgan fingerprint density at radius 2 is 1.82 bits per heavy atom. The number of carbonyl (C=O) groups excluding carboxylic acids is 1. The molecule has 1 aliphatic heterocycles. The number of ketones is 1. The van der Waals surface area contributed by atoms with Crippen molar-refractivity contribution in [3.8, 4) is 0 Å². The largest absolute Gasteiger partial charge is 1.00 e. The van der Waals surface area contributed by atoms with Gasteiger partial charge in [0.05, 0.1) is 18.8 Å². The number of rotatable bonds is 5. The smallest absolute Gasteiger partial charge is 0.870 e. The summed E-state index contributed by atoms with van der Waals surface area (Å²) in [5.74, 6) is 0.970. The molecule has 1 saturated heterocycles. The van der Waals surface area contributed by atoms with Crippen molar-refractivity contribution in [3.05, 3.63) is 36.8 Å². The maximum Gasteiger partial charge on any atom is 1.00 e. The molecular weight excluding hydrogens is 293 g/mol. The summed E-state index contributed by atoms with van der Waals surface area (Å²) in [6.45, 7) is 10.9. The van der Waals surface area contributed by atoms with Gasteiger partial charge in [-0.3, -0.25) is 9.69 Å². The molecule has 1 fully saturated rings. The molecule has 6 heteroatoms. The Hall–Kier alpha value is -0.283. The fraction of sp³-hybridized carbons (Fsp3) is 0.500. The van der Waals surface area contributed by atoms with Crippen molar-refractivity contribution in [2.75, 3.05) is 32.1 Å². The Kier molecular flexibility index (Phi) is 9.64. The van der Waals surface area contributed by atoms with E-state index in [0.717, 1.165) is 29.3 Å². The van der Waals surface area contributed by atoms with E-state index in [0.29, 0.717) is 13.2 Å². The van der Waals surface area contributed by atoms with Crippen molar-refractivity contribution in [1.82, 2.24) is 4.90 Å². The molecule has 4 nitrogen and oxygen atoms in total. The van der Waals surface area contributed by atoms with Crippen LogP contribution in [0.2, 0.25) is 0 Å². The van der Waals surface area contributed by atoms with Gasteiger partial charge in [0.1, 0.15) is 0 Å². The van der Waals surface area contributed by atoms with Gasteiger partial charge in [0, 0.05) is 23.5 Å². The van der Waals surface area contributed by atoms with Crippen molar-refractivity contribution in [2.24, 2.45) is 0 Å².